The van der Waals surface area contributed by atoms with Crippen LogP contribution in [0.15, 0.2) is 83.8 Å². The van der Waals surface area contributed by atoms with Gasteiger partial charge < -0.3 is 0 Å². The van der Waals surface area contributed by atoms with Crippen molar-refractivity contribution in [1.29, 1.82) is 0 Å². The summed E-state index contributed by atoms with van der Waals surface area (Å²) in [6.45, 7) is 0. The van der Waals surface area contributed by atoms with Gasteiger partial charge in [0.2, 0.25) is 0 Å². The molecule has 0 saturated carbocycles. The average Bonchev–Trinajstić information content (AvgIpc) is 3.06. The summed E-state index contributed by atoms with van der Waals surface area (Å²) in [7, 11) is 0. The SMILES string of the molecule is O=C1/C(=C/c2c3ccccc3cc3ccccc23)SC(=S)N1C(=O)c1ccc(F)cc1. The number of halogens is 1. The van der Waals surface area contributed by atoms with Gasteiger partial charge >= 0.3 is 0 Å². The molecule has 0 aliphatic carbocycles. The van der Waals surface area contributed by atoms with Gasteiger partial charge in [-0.2, -0.15) is 0 Å². The van der Waals surface area contributed by atoms with Crippen molar-refractivity contribution in [2.75, 3.05) is 0 Å². The van der Waals surface area contributed by atoms with E-state index < -0.39 is 17.6 Å². The molecule has 0 unspecified atom stereocenters. The lowest BCUT2D eigenvalue weighted by Gasteiger charge is -2.12. The standard InChI is InChI=1S/C25H14FNO2S2/c26-18-11-9-15(10-12-18)23(28)27-24(29)22(31-25(27)30)14-21-19-7-3-1-5-16(19)13-17-6-2-4-8-20(17)21/h1-14H/b22-14-. The summed E-state index contributed by atoms with van der Waals surface area (Å²) in [4.78, 5) is 27.3. The molecule has 4 aromatic carbocycles. The van der Waals surface area contributed by atoms with Gasteiger partial charge in [-0.05, 0) is 63.5 Å². The van der Waals surface area contributed by atoms with Gasteiger partial charge in [-0.3, -0.25) is 9.59 Å². The van der Waals surface area contributed by atoms with Crippen molar-refractivity contribution in [1.82, 2.24) is 4.90 Å². The van der Waals surface area contributed by atoms with Crippen molar-refractivity contribution in [2.24, 2.45) is 0 Å². The molecule has 0 radical (unpaired) electrons. The quantitative estimate of drug-likeness (QED) is 0.161. The molecule has 1 heterocycles. The van der Waals surface area contributed by atoms with Gasteiger partial charge in [0.25, 0.3) is 11.8 Å². The molecule has 0 aromatic heterocycles. The van der Waals surface area contributed by atoms with Crippen LogP contribution in [0.5, 0.6) is 0 Å². The molecule has 1 aliphatic rings. The van der Waals surface area contributed by atoms with Crippen LogP contribution in [0, 0.1) is 5.82 Å². The van der Waals surface area contributed by atoms with Crippen molar-refractivity contribution in [2.45, 2.75) is 0 Å². The monoisotopic (exact) mass is 443 g/mol. The number of nitrogens with zero attached hydrogens (tertiary/aromatic N) is 1. The predicted molar refractivity (Wildman–Crippen MR) is 127 cm³/mol. The third-order valence-electron chi connectivity index (χ3n) is 5.18. The minimum absolute atomic E-state index is 0.162. The molecule has 150 valence electrons. The summed E-state index contributed by atoms with van der Waals surface area (Å²) in [6.07, 6.45) is 1.81. The second-order valence-electron chi connectivity index (χ2n) is 7.06. The number of fused-ring (bicyclic) bond motifs is 2. The minimum Gasteiger partial charge on any atom is -0.268 e. The second-order valence-corrected chi connectivity index (χ2v) is 8.74. The fourth-order valence-corrected chi connectivity index (χ4v) is 4.94. The number of amides is 2. The third kappa shape index (κ3) is 3.44. The molecule has 2 amide bonds. The van der Waals surface area contributed by atoms with Crippen LogP contribution >= 0.6 is 24.0 Å². The summed E-state index contributed by atoms with van der Waals surface area (Å²) in [6, 6.07) is 23.1. The number of hydrogen-bond donors (Lipinski definition) is 0. The highest BCUT2D eigenvalue weighted by molar-refractivity contribution is 8.26. The first-order chi connectivity index (χ1) is 15.0. The molecule has 0 N–H and O–H groups in total. The van der Waals surface area contributed by atoms with Crippen molar-refractivity contribution >= 4 is 67.7 Å². The van der Waals surface area contributed by atoms with Gasteiger partial charge in [0.15, 0.2) is 4.32 Å². The number of carbonyl (C=O) groups excluding carboxylic acids is 2. The lowest BCUT2D eigenvalue weighted by Crippen LogP contribution is -2.34. The number of imide groups is 1. The van der Waals surface area contributed by atoms with Gasteiger partial charge in [-0.25, -0.2) is 9.29 Å². The Labute approximate surface area is 187 Å². The highest BCUT2D eigenvalue weighted by Crippen LogP contribution is 2.37. The molecule has 6 heteroatoms. The van der Waals surface area contributed by atoms with E-state index in [1.54, 1.807) is 0 Å². The summed E-state index contributed by atoms with van der Waals surface area (Å²) in [5, 5.41) is 4.14. The highest BCUT2D eigenvalue weighted by Gasteiger charge is 2.37. The van der Waals surface area contributed by atoms with E-state index in [-0.39, 0.29) is 9.88 Å². The normalized spacial score (nSPS) is 15.4. The van der Waals surface area contributed by atoms with E-state index in [1.165, 1.54) is 24.3 Å². The molecule has 0 atom stereocenters. The van der Waals surface area contributed by atoms with Gasteiger partial charge in [0.1, 0.15) is 5.82 Å². The minimum atomic E-state index is -0.561. The van der Waals surface area contributed by atoms with Crippen LogP contribution < -0.4 is 0 Å². The Hall–Kier alpha value is -3.35. The maximum atomic E-state index is 13.2. The van der Waals surface area contributed by atoms with Crippen molar-refractivity contribution in [3.05, 3.63) is 101 Å². The lowest BCUT2D eigenvalue weighted by molar-refractivity contribution is -0.120. The third-order valence-corrected chi connectivity index (χ3v) is 6.48. The Bertz CT molecular complexity index is 1370. The first-order valence-corrected chi connectivity index (χ1v) is 10.7. The van der Waals surface area contributed by atoms with E-state index in [0.29, 0.717) is 4.91 Å². The Kier molecular flexibility index (Phi) is 4.88. The number of carbonyl (C=O) groups is 2. The number of benzene rings is 4. The fourth-order valence-electron chi connectivity index (χ4n) is 3.70. The first kappa shape index (κ1) is 19.6. The molecule has 3 nitrogen and oxygen atoms in total. The number of thiocarbonyl (C=S) groups is 1. The van der Waals surface area contributed by atoms with Gasteiger partial charge in [0.05, 0.1) is 4.91 Å². The van der Waals surface area contributed by atoms with Crippen molar-refractivity contribution in [3.8, 4) is 0 Å². The number of hydrogen-bond acceptors (Lipinski definition) is 4. The zero-order valence-electron chi connectivity index (χ0n) is 16.0. The Morgan fingerprint density at radius 1 is 0.903 bits per heavy atom. The topological polar surface area (TPSA) is 37.4 Å². The van der Waals surface area contributed by atoms with E-state index >= 15 is 0 Å². The zero-order chi connectivity index (χ0) is 21.5. The largest absolute Gasteiger partial charge is 0.273 e. The van der Waals surface area contributed by atoms with E-state index in [1.807, 2.05) is 54.6 Å². The van der Waals surface area contributed by atoms with Crippen LogP contribution in [-0.4, -0.2) is 21.0 Å². The van der Waals surface area contributed by atoms with Gasteiger partial charge in [-0.1, -0.05) is 72.5 Å². The second kappa shape index (κ2) is 7.72. The molecular formula is C25H14FNO2S2. The Morgan fingerprint density at radius 2 is 1.48 bits per heavy atom. The number of thioether (sulfide) groups is 1. The summed E-state index contributed by atoms with van der Waals surface area (Å²) in [5.74, 6) is -1.49. The van der Waals surface area contributed by atoms with Crippen LogP contribution in [0.2, 0.25) is 0 Å². The maximum Gasteiger partial charge on any atom is 0.273 e. The highest BCUT2D eigenvalue weighted by atomic mass is 32.2. The van der Waals surface area contributed by atoms with Gasteiger partial charge in [-0.15, -0.1) is 0 Å². The van der Waals surface area contributed by atoms with E-state index in [2.05, 4.69) is 6.07 Å². The average molecular weight is 444 g/mol. The van der Waals surface area contributed by atoms with Crippen LogP contribution in [0.3, 0.4) is 0 Å². The smallest absolute Gasteiger partial charge is 0.268 e. The molecule has 0 spiro atoms. The zero-order valence-corrected chi connectivity index (χ0v) is 17.7. The van der Waals surface area contributed by atoms with E-state index in [0.717, 1.165) is 43.8 Å². The summed E-state index contributed by atoms with van der Waals surface area (Å²) >= 11 is 6.43. The molecular weight excluding hydrogens is 429 g/mol. The van der Waals surface area contributed by atoms with Crippen LogP contribution in [-0.2, 0) is 4.79 Å². The van der Waals surface area contributed by atoms with E-state index in [9.17, 15) is 14.0 Å². The molecule has 0 bridgehead atoms. The molecule has 31 heavy (non-hydrogen) atoms. The fraction of sp³-hybridized carbons (Fsp3) is 0. The Balaban J connectivity index is 1.61. The molecule has 5 rings (SSSR count). The predicted octanol–water partition coefficient (Wildman–Crippen LogP) is 6.17. The van der Waals surface area contributed by atoms with Crippen LogP contribution in [0.1, 0.15) is 15.9 Å². The molecule has 4 aromatic rings. The summed E-state index contributed by atoms with van der Waals surface area (Å²) in [5.41, 5.74) is 1.11. The molecule has 1 fully saturated rings. The molecule has 1 aliphatic heterocycles. The van der Waals surface area contributed by atoms with Crippen molar-refractivity contribution < 1.29 is 14.0 Å². The molecule has 1 saturated heterocycles. The van der Waals surface area contributed by atoms with Crippen molar-refractivity contribution in [3.63, 3.8) is 0 Å². The maximum absolute atomic E-state index is 13.2. The Morgan fingerprint density at radius 3 is 2.10 bits per heavy atom. The lowest BCUT2D eigenvalue weighted by atomic mass is 9.96. The van der Waals surface area contributed by atoms with Gasteiger partial charge in [0, 0.05) is 5.56 Å². The van der Waals surface area contributed by atoms with E-state index in [4.69, 9.17) is 12.2 Å². The first-order valence-electron chi connectivity index (χ1n) is 9.51. The van der Waals surface area contributed by atoms with Crippen LogP contribution in [0.25, 0.3) is 27.6 Å². The summed E-state index contributed by atoms with van der Waals surface area (Å²) < 4.78 is 13.4. The van der Waals surface area contributed by atoms with Crippen LogP contribution in [0.4, 0.5) is 4.39 Å². The number of rotatable bonds is 2.